The number of hydrogen-bond acceptors (Lipinski definition) is 6. The Hall–Kier alpha value is -1.82. The standard InChI is InChI=1S/C14H16N2O3S/c1-10-5-3-4-6-12(10)18-8-7-13-15-16-14(19-13)20-9-11(2)17/h3-6H,7-9H2,1-2H3. The second kappa shape index (κ2) is 7.09. The fourth-order valence-corrected chi connectivity index (χ4v) is 2.11. The summed E-state index contributed by atoms with van der Waals surface area (Å²) in [5.74, 6) is 1.81. The van der Waals surface area contributed by atoms with Crippen LogP contribution in [0, 0.1) is 6.92 Å². The number of rotatable bonds is 7. The van der Waals surface area contributed by atoms with Crippen LogP contribution < -0.4 is 4.74 Å². The third-order valence-corrected chi connectivity index (χ3v) is 3.48. The minimum atomic E-state index is 0.0811. The van der Waals surface area contributed by atoms with Crippen LogP contribution in [0.3, 0.4) is 0 Å². The zero-order valence-electron chi connectivity index (χ0n) is 11.5. The second-order valence-electron chi connectivity index (χ2n) is 4.32. The van der Waals surface area contributed by atoms with Crippen LogP contribution in [0.1, 0.15) is 18.4 Å². The summed E-state index contributed by atoms with van der Waals surface area (Å²) >= 11 is 1.25. The topological polar surface area (TPSA) is 65.2 Å². The molecule has 0 N–H and O–H groups in total. The minimum absolute atomic E-state index is 0.0811. The van der Waals surface area contributed by atoms with Crippen LogP contribution in [0.5, 0.6) is 5.75 Å². The molecule has 0 bridgehead atoms. The van der Waals surface area contributed by atoms with Crippen molar-refractivity contribution in [2.75, 3.05) is 12.4 Å². The first-order valence-electron chi connectivity index (χ1n) is 6.28. The molecule has 2 aromatic rings. The first-order chi connectivity index (χ1) is 9.65. The maximum absolute atomic E-state index is 10.9. The van der Waals surface area contributed by atoms with Gasteiger partial charge in [-0.15, -0.1) is 10.2 Å². The molecule has 0 unspecified atom stereocenters. The maximum atomic E-state index is 10.9. The lowest BCUT2D eigenvalue weighted by Crippen LogP contribution is -2.02. The van der Waals surface area contributed by atoms with Crippen molar-refractivity contribution >= 4 is 17.5 Å². The van der Waals surface area contributed by atoms with Crippen LogP contribution in [0.4, 0.5) is 0 Å². The Bertz CT molecular complexity index is 583. The number of nitrogens with zero attached hydrogens (tertiary/aromatic N) is 2. The van der Waals surface area contributed by atoms with Gasteiger partial charge in [0.15, 0.2) is 0 Å². The van der Waals surface area contributed by atoms with Crippen molar-refractivity contribution in [3.8, 4) is 5.75 Å². The summed E-state index contributed by atoms with van der Waals surface area (Å²) < 4.78 is 11.1. The highest BCUT2D eigenvalue weighted by Gasteiger charge is 2.08. The highest BCUT2D eigenvalue weighted by atomic mass is 32.2. The molecule has 0 spiro atoms. The van der Waals surface area contributed by atoms with Gasteiger partial charge in [-0.05, 0) is 25.5 Å². The van der Waals surface area contributed by atoms with E-state index in [1.807, 2.05) is 31.2 Å². The average molecular weight is 292 g/mol. The van der Waals surface area contributed by atoms with Crippen LogP contribution in [0.2, 0.25) is 0 Å². The number of ether oxygens (including phenoxy) is 1. The van der Waals surface area contributed by atoms with Crippen molar-refractivity contribution in [1.82, 2.24) is 10.2 Å². The Labute approximate surface area is 121 Å². The molecular formula is C14H16N2O3S. The number of benzene rings is 1. The highest BCUT2D eigenvalue weighted by molar-refractivity contribution is 7.99. The van der Waals surface area contributed by atoms with Gasteiger partial charge in [0.1, 0.15) is 11.5 Å². The first kappa shape index (κ1) is 14.6. The normalized spacial score (nSPS) is 10.5. The molecule has 20 heavy (non-hydrogen) atoms. The molecule has 2 rings (SSSR count). The summed E-state index contributed by atoms with van der Waals surface area (Å²) in [6, 6.07) is 7.83. The lowest BCUT2D eigenvalue weighted by Gasteiger charge is -2.06. The summed E-state index contributed by atoms with van der Waals surface area (Å²) in [7, 11) is 0. The second-order valence-corrected chi connectivity index (χ2v) is 5.24. The molecule has 0 saturated heterocycles. The zero-order chi connectivity index (χ0) is 14.4. The van der Waals surface area contributed by atoms with E-state index in [4.69, 9.17) is 9.15 Å². The molecule has 1 aromatic heterocycles. The van der Waals surface area contributed by atoms with Crippen LogP contribution in [-0.2, 0) is 11.2 Å². The number of para-hydroxylation sites is 1. The minimum Gasteiger partial charge on any atom is -0.493 e. The van der Waals surface area contributed by atoms with Crippen LogP contribution >= 0.6 is 11.8 Å². The number of aryl methyl sites for hydroxylation is 1. The molecule has 1 heterocycles. The van der Waals surface area contributed by atoms with Crippen molar-refractivity contribution < 1.29 is 13.9 Å². The van der Waals surface area contributed by atoms with Gasteiger partial charge in [-0.1, -0.05) is 30.0 Å². The molecule has 0 radical (unpaired) electrons. The van der Waals surface area contributed by atoms with Gasteiger partial charge in [0.25, 0.3) is 5.22 Å². The maximum Gasteiger partial charge on any atom is 0.277 e. The summed E-state index contributed by atoms with van der Waals surface area (Å²) in [4.78, 5) is 10.9. The molecule has 0 amide bonds. The van der Waals surface area contributed by atoms with Crippen LogP contribution in [0.15, 0.2) is 33.9 Å². The quantitative estimate of drug-likeness (QED) is 0.731. The molecule has 0 aliphatic rings. The van der Waals surface area contributed by atoms with Crippen molar-refractivity contribution in [3.05, 3.63) is 35.7 Å². The Balaban J connectivity index is 1.80. The van der Waals surface area contributed by atoms with Crippen LogP contribution in [0.25, 0.3) is 0 Å². The van der Waals surface area contributed by atoms with E-state index in [1.165, 1.54) is 18.7 Å². The number of Topliss-reactive ketones (excluding diaryl/α,β-unsaturated/α-hetero) is 1. The molecule has 0 aliphatic carbocycles. The Morgan fingerprint density at radius 2 is 2.15 bits per heavy atom. The molecule has 0 atom stereocenters. The Kier molecular flexibility index (Phi) is 5.17. The largest absolute Gasteiger partial charge is 0.493 e. The van der Waals surface area contributed by atoms with E-state index in [0.717, 1.165) is 11.3 Å². The van der Waals surface area contributed by atoms with Gasteiger partial charge >= 0.3 is 0 Å². The van der Waals surface area contributed by atoms with Gasteiger partial charge in [-0.25, -0.2) is 0 Å². The molecule has 0 fully saturated rings. The molecule has 5 nitrogen and oxygen atoms in total. The SMILES string of the molecule is CC(=O)CSc1nnc(CCOc2ccccc2C)o1. The van der Waals surface area contributed by atoms with E-state index < -0.39 is 0 Å². The molecule has 0 aliphatic heterocycles. The highest BCUT2D eigenvalue weighted by Crippen LogP contribution is 2.18. The van der Waals surface area contributed by atoms with E-state index in [-0.39, 0.29) is 5.78 Å². The predicted octanol–water partition coefficient (Wildman–Crippen LogP) is 2.68. The van der Waals surface area contributed by atoms with Crippen molar-refractivity contribution in [1.29, 1.82) is 0 Å². The van der Waals surface area contributed by atoms with Crippen molar-refractivity contribution in [2.24, 2.45) is 0 Å². The van der Waals surface area contributed by atoms with Gasteiger partial charge in [-0.2, -0.15) is 0 Å². The van der Waals surface area contributed by atoms with E-state index in [2.05, 4.69) is 10.2 Å². The Morgan fingerprint density at radius 1 is 1.35 bits per heavy atom. The number of carbonyl (C=O) groups excluding carboxylic acids is 1. The zero-order valence-corrected chi connectivity index (χ0v) is 12.3. The third-order valence-electron chi connectivity index (χ3n) is 2.51. The van der Waals surface area contributed by atoms with Gasteiger partial charge in [0.05, 0.1) is 18.8 Å². The summed E-state index contributed by atoms with van der Waals surface area (Å²) in [6.45, 7) is 4.00. The van der Waals surface area contributed by atoms with E-state index >= 15 is 0 Å². The number of hydrogen-bond donors (Lipinski definition) is 0. The monoisotopic (exact) mass is 292 g/mol. The van der Waals surface area contributed by atoms with Gasteiger partial charge in [-0.3, -0.25) is 4.79 Å². The number of aromatic nitrogens is 2. The van der Waals surface area contributed by atoms with E-state index in [9.17, 15) is 4.79 Å². The lowest BCUT2D eigenvalue weighted by atomic mass is 10.2. The fourth-order valence-electron chi connectivity index (χ4n) is 1.53. The lowest BCUT2D eigenvalue weighted by molar-refractivity contribution is -0.114. The van der Waals surface area contributed by atoms with E-state index in [1.54, 1.807) is 0 Å². The van der Waals surface area contributed by atoms with Crippen LogP contribution in [-0.4, -0.2) is 28.3 Å². The van der Waals surface area contributed by atoms with E-state index in [0.29, 0.717) is 29.9 Å². The van der Waals surface area contributed by atoms with Gasteiger partial charge in [0.2, 0.25) is 5.89 Å². The van der Waals surface area contributed by atoms with Crippen molar-refractivity contribution in [2.45, 2.75) is 25.5 Å². The molecule has 6 heteroatoms. The van der Waals surface area contributed by atoms with Gasteiger partial charge in [0, 0.05) is 0 Å². The molecular weight excluding hydrogens is 276 g/mol. The first-order valence-corrected chi connectivity index (χ1v) is 7.27. The number of ketones is 1. The Morgan fingerprint density at radius 3 is 2.90 bits per heavy atom. The fraction of sp³-hybridized carbons (Fsp3) is 0.357. The van der Waals surface area contributed by atoms with Crippen molar-refractivity contribution in [3.63, 3.8) is 0 Å². The molecule has 1 aromatic carbocycles. The summed E-state index contributed by atoms with van der Waals surface area (Å²) in [6.07, 6.45) is 0.544. The number of carbonyl (C=O) groups is 1. The summed E-state index contributed by atoms with van der Waals surface area (Å²) in [5.41, 5.74) is 1.09. The molecule has 0 saturated carbocycles. The smallest absolute Gasteiger partial charge is 0.277 e. The average Bonchev–Trinajstić information content (AvgIpc) is 2.87. The molecule has 106 valence electrons. The van der Waals surface area contributed by atoms with Gasteiger partial charge < -0.3 is 9.15 Å². The predicted molar refractivity (Wildman–Crippen MR) is 76.1 cm³/mol. The summed E-state index contributed by atoms with van der Waals surface area (Å²) in [5, 5.41) is 8.21. The third kappa shape index (κ3) is 4.38. The number of thioether (sulfide) groups is 1.